The number of rotatable bonds is 5. The molecule has 0 saturated heterocycles. The molecule has 4 aromatic carbocycles. The van der Waals surface area contributed by atoms with Crippen LogP contribution in [0.15, 0.2) is 115 Å². The standard InChI is InChI=1S/C12H10O.2C10H8N.Al/c13-12-9-5-4-8-11(12)10-6-2-1-3-7-10;2*1-8-6-7-9-4-2-3-5-10(9)11-8;/h1-9,13H;2*2-4,6-7H,1H3;/q;;;+1/p-1. The van der Waals surface area contributed by atoms with Gasteiger partial charge in [0.25, 0.3) is 0 Å². The third-order valence-corrected chi connectivity index (χ3v) is 9.11. The van der Waals surface area contributed by atoms with Crippen molar-refractivity contribution in [3.63, 3.8) is 0 Å². The molecule has 6 aromatic rings. The molecule has 0 aliphatic carbocycles. The molecule has 2 heterocycles. The van der Waals surface area contributed by atoms with Crippen LogP contribution >= 0.6 is 0 Å². The highest BCUT2D eigenvalue weighted by molar-refractivity contribution is 6.84. The van der Waals surface area contributed by atoms with Crippen molar-refractivity contribution in [3.8, 4) is 16.9 Å². The minimum Gasteiger partial charge on any atom is -0.636 e. The molecule has 6 rings (SSSR count). The van der Waals surface area contributed by atoms with E-state index in [4.69, 9.17) is 13.8 Å². The van der Waals surface area contributed by atoms with Crippen LogP contribution in [0.4, 0.5) is 0 Å². The minimum absolute atomic E-state index is 0.884. The number of hydrogen-bond donors (Lipinski definition) is 0. The van der Waals surface area contributed by atoms with E-state index in [1.165, 1.54) is 0 Å². The zero-order valence-electron chi connectivity index (χ0n) is 20.3. The normalized spacial score (nSPS) is 11.1. The van der Waals surface area contributed by atoms with E-state index in [1.54, 1.807) is 0 Å². The van der Waals surface area contributed by atoms with Crippen LogP contribution in [0, 0.1) is 13.8 Å². The van der Waals surface area contributed by atoms with Gasteiger partial charge in [0.05, 0.1) is 16.8 Å². The Hall–Kier alpha value is -3.97. The highest BCUT2D eigenvalue weighted by Gasteiger charge is 2.35. The molecular formula is C32H25AlN2O. The molecule has 0 aliphatic heterocycles. The lowest BCUT2D eigenvalue weighted by molar-refractivity contribution is 0.594. The van der Waals surface area contributed by atoms with Gasteiger partial charge in [-0.05, 0) is 57.2 Å². The second kappa shape index (κ2) is 9.59. The van der Waals surface area contributed by atoms with Crippen LogP contribution in [-0.4, -0.2) is 24.5 Å². The molecule has 0 aliphatic rings. The average molecular weight is 481 g/mol. The van der Waals surface area contributed by atoms with Crippen molar-refractivity contribution >= 4 is 45.1 Å². The molecule has 0 bridgehead atoms. The topological polar surface area (TPSA) is 35.0 Å². The highest BCUT2D eigenvalue weighted by atomic mass is 27.2. The van der Waals surface area contributed by atoms with E-state index in [0.29, 0.717) is 0 Å². The first-order chi connectivity index (χ1) is 17.7. The first kappa shape index (κ1) is 22.5. The van der Waals surface area contributed by atoms with Crippen molar-refractivity contribution in [2.45, 2.75) is 13.8 Å². The van der Waals surface area contributed by atoms with Gasteiger partial charge in [0.15, 0.2) is 0 Å². The first-order valence-corrected chi connectivity index (χ1v) is 13.8. The monoisotopic (exact) mass is 480 g/mol. The Morgan fingerprint density at radius 2 is 1.08 bits per heavy atom. The van der Waals surface area contributed by atoms with E-state index in [-0.39, 0.29) is 0 Å². The van der Waals surface area contributed by atoms with Crippen LogP contribution in [0.5, 0.6) is 5.75 Å². The molecular weight excluding hydrogens is 455 g/mol. The number of hydrogen-bond acceptors (Lipinski definition) is 3. The molecule has 0 spiro atoms. The molecule has 0 N–H and O–H groups in total. The molecule has 0 unspecified atom stereocenters. The van der Waals surface area contributed by atoms with Crippen molar-refractivity contribution in [3.05, 3.63) is 127 Å². The Balaban J connectivity index is 1.60. The SMILES string of the molecule is Cc1ccc2ccc[c]([Al]([O]c3ccccc3-c3ccccc3)[c]3cccc4ccc(C)nc34)c2n1. The second-order valence-electron chi connectivity index (χ2n) is 9.10. The number of aromatic nitrogens is 2. The van der Waals surface area contributed by atoms with Gasteiger partial charge in [0.2, 0.25) is 0 Å². The summed E-state index contributed by atoms with van der Waals surface area (Å²) in [5.74, 6) is 0.884. The fourth-order valence-corrected chi connectivity index (χ4v) is 7.38. The summed E-state index contributed by atoms with van der Waals surface area (Å²) in [6, 6.07) is 40.0. The van der Waals surface area contributed by atoms with Crippen LogP contribution in [-0.2, 0) is 0 Å². The molecule has 36 heavy (non-hydrogen) atoms. The molecule has 0 atom stereocenters. The van der Waals surface area contributed by atoms with Gasteiger partial charge in [-0.25, -0.2) is 0 Å². The number of para-hydroxylation sites is 3. The summed E-state index contributed by atoms with van der Waals surface area (Å²) in [6.07, 6.45) is 0. The lowest BCUT2D eigenvalue weighted by Crippen LogP contribution is -2.48. The van der Waals surface area contributed by atoms with Gasteiger partial charge in [0.1, 0.15) is 0 Å². The Morgan fingerprint density at radius 1 is 0.528 bits per heavy atom. The summed E-state index contributed by atoms with van der Waals surface area (Å²) >= 11 is -2.30. The molecule has 172 valence electrons. The molecule has 3 nitrogen and oxygen atoms in total. The molecule has 2 aromatic heterocycles. The van der Waals surface area contributed by atoms with Crippen LogP contribution in [0.3, 0.4) is 0 Å². The predicted octanol–water partition coefficient (Wildman–Crippen LogP) is 6.25. The fraction of sp³-hybridized carbons (Fsp3) is 0.0625. The number of fused-ring (bicyclic) bond motifs is 2. The van der Waals surface area contributed by atoms with Crippen molar-refractivity contribution in [1.82, 2.24) is 9.97 Å². The largest absolute Gasteiger partial charge is 0.636 e. The zero-order chi connectivity index (χ0) is 24.5. The van der Waals surface area contributed by atoms with E-state index >= 15 is 0 Å². The van der Waals surface area contributed by atoms with E-state index < -0.39 is 14.5 Å². The van der Waals surface area contributed by atoms with Gasteiger partial charge in [-0.2, -0.15) is 0 Å². The van der Waals surface area contributed by atoms with Crippen LogP contribution < -0.4 is 12.6 Å². The van der Waals surface area contributed by atoms with Crippen molar-refractivity contribution in [2.24, 2.45) is 0 Å². The number of nitrogens with zero attached hydrogens (tertiary/aromatic N) is 2. The summed E-state index contributed by atoms with van der Waals surface area (Å²) in [6.45, 7) is 4.09. The zero-order valence-corrected chi connectivity index (χ0v) is 21.5. The van der Waals surface area contributed by atoms with Gasteiger partial charge in [-0.1, -0.05) is 97.1 Å². The second-order valence-corrected chi connectivity index (χ2v) is 11.3. The third kappa shape index (κ3) is 4.27. The van der Waals surface area contributed by atoms with E-state index in [1.807, 2.05) is 26.0 Å². The maximum atomic E-state index is 7.13. The van der Waals surface area contributed by atoms with Gasteiger partial charge in [0, 0.05) is 17.0 Å². The summed E-state index contributed by atoms with van der Waals surface area (Å²) in [4.78, 5) is 9.95. The maximum Gasteiger partial charge on any atom is 0.635 e. The first-order valence-electron chi connectivity index (χ1n) is 12.2. The average Bonchev–Trinajstić information content (AvgIpc) is 2.92. The Kier molecular flexibility index (Phi) is 5.99. The third-order valence-electron chi connectivity index (χ3n) is 6.56. The molecule has 0 fully saturated rings. The lowest BCUT2D eigenvalue weighted by atomic mass is 10.1. The summed E-state index contributed by atoms with van der Waals surface area (Å²) in [5, 5.41) is 2.25. The van der Waals surface area contributed by atoms with Crippen LogP contribution in [0.25, 0.3) is 32.9 Å². The fourth-order valence-electron chi connectivity index (χ4n) is 4.81. The van der Waals surface area contributed by atoms with E-state index in [2.05, 4.69) is 103 Å². The van der Waals surface area contributed by atoms with E-state index in [9.17, 15) is 0 Å². The predicted molar refractivity (Wildman–Crippen MR) is 150 cm³/mol. The number of benzene rings is 4. The van der Waals surface area contributed by atoms with Gasteiger partial charge < -0.3 is 3.79 Å². The molecule has 0 saturated carbocycles. The van der Waals surface area contributed by atoms with Gasteiger partial charge in [-0.15, -0.1) is 0 Å². The van der Waals surface area contributed by atoms with Gasteiger partial charge in [-0.3, -0.25) is 9.97 Å². The van der Waals surface area contributed by atoms with Crippen molar-refractivity contribution < 1.29 is 3.79 Å². The van der Waals surface area contributed by atoms with E-state index in [0.717, 1.165) is 58.9 Å². The maximum absolute atomic E-state index is 7.13. The minimum atomic E-state index is -2.30. The summed E-state index contributed by atoms with van der Waals surface area (Å²) in [5.41, 5.74) is 6.24. The highest BCUT2D eigenvalue weighted by Crippen LogP contribution is 2.30. The van der Waals surface area contributed by atoms with Crippen LogP contribution in [0.1, 0.15) is 11.4 Å². The molecule has 4 heteroatoms. The quantitative estimate of drug-likeness (QED) is 0.274. The van der Waals surface area contributed by atoms with Gasteiger partial charge >= 0.3 is 14.5 Å². The number of pyridine rings is 2. The Morgan fingerprint density at radius 3 is 1.69 bits per heavy atom. The summed E-state index contributed by atoms with van der Waals surface area (Å²) < 4.78 is 9.45. The Bertz CT molecular complexity index is 1610. The smallest absolute Gasteiger partial charge is 0.635 e. The van der Waals surface area contributed by atoms with Crippen molar-refractivity contribution in [2.75, 3.05) is 0 Å². The number of aryl methyl sites for hydroxylation is 2. The lowest BCUT2D eigenvalue weighted by Gasteiger charge is -2.21. The molecule has 0 amide bonds. The summed E-state index contributed by atoms with van der Waals surface area (Å²) in [7, 11) is 0. The Labute approximate surface area is 215 Å². The molecule has 0 radical (unpaired) electrons. The van der Waals surface area contributed by atoms with Crippen molar-refractivity contribution in [1.29, 1.82) is 0 Å². The van der Waals surface area contributed by atoms with Crippen LogP contribution in [0.2, 0.25) is 0 Å².